The average Bonchev–Trinajstić information content (AvgIpc) is 2.53. The lowest BCUT2D eigenvalue weighted by Crippen LogP contribution is -2.36. The minimum Gasteiger partial charge on any atom is -0.310 e. The summed E-state index contributed by atoms with van der Waals surface area (Å²) in [7, 11) is 0. The molecule has 1 aromatic carbocycles. The van der Waals surface area contributed by atoms with E-state index < -0.39 is 5.69 Å². The van der Waals surface area contributed by atoms with Crippen LogP contribution in [0.3, 0.4) is 0 Å². The van der Waals surface area contributed by atoms with Crippen molar-refractivity contribution in [2.45, 2.75) is 39.2 Å². The number of hydrogen-bond donors (Lipinski definition) is 2. The van der Waals surface area contributed by atoms with E-state index in [1.165, 1.54) is 36.5 Å². The third kappa shape index (κ3) is 4.45. The number of nitrogens with zero attached hydrogens (tertiary/aromatic N) is 1. The van der Waals surface area contributed by atoms with E-state index in [0.29, 0.717) is 18.2 Å². The number of likely N-dealkylation sites (tertiary alicyclic amines) is 1. The Morgan fingerprint density at radius 2 is 2.04 bits per heavy atom. The molecule has 2 heterocycles. The predicted molar refractivity (Wildman–Crippen MR) is 95.2 cm³/mol. The summed E-state index contributed by atoms with van der Waals surface area (Å²) >= 11 is 0. The third-order valence-electron chi connectivity index (χ3n) is 4.90. The van der Waals surface area contributed by atoms with Gasteiger partial charge in [0.25, 0.3) is 5.56 Å². The molecule has 0 radical (unpaired) electrons. The molecule has 0 saturated carbocycles. The van der Waals surface area contributed by atoms with Crippen molar-refractivity contribution in [1.29, 1.82) is 0 Å². The zero-order chi connectivity index (χ0) is 16.9. The first-order valence-electron chi connectivity index (χ1n) is 8.69. The minimum atomic E-state index is -0.425. The van der Waals surface area contributed by atoms with Gasteiger partial charge >= 0.3 is 5.69 Å². The van der Waals surface area contributed by atoms with Crippen molar-refractivity contribution >= 4 is 0 Å². The molecule has 1 fully saturated rings. The number of aryl methyl sites for hydroxylation is 2. The Balaban J connectivity index is 1.57. The molecule has 1 aliphatic heterocycles. The van der Waals surface area contributed by atoms with Gasteiger partial charge in [-0.15, -0.1) is 0 Å². The second-order valence-corrected chi connectivity index (χ2v) is 6.82. The third-order valence-corrected chi connectivity index (χ3v) is 4.90. The Morgan fingerprint density at radius 1 is 1.21 bits per heavy atom. The first kappa shape index (κ1) is 16.7. The molecule has 0 amide bonds. The molecular formula is C19H25N3O2. The number of aromatic nitrogens is 2. The molecule has 1 unspecified atom stereocenters. The Labute approximate surface area is 141 Å². The van der Waals surface area contributed by atoms with Crippen LogP contribution in [0.25, 0.3) is 0 Å². The van der Waals surface area contributed by atoms with Gasteiger partial charge in [-0.3, -0.25) is 14.7 Å². The molecular weight excluding hydrogens is 302 g/mol. The number of hydrogen-bond acceptors (Lipinski definition) is 3. The molecule has 1 atom stereocenters. The summed E-state index contributed by atoms with van der Waals surface area (Å²) < 4.78 is 0. The van der Waals surface area contributed by atoms with Gasteiger partial charge in [-0.2, -0.15) is 0 Å². The van der Waals surface area contributed by atoms with Crippen LogP contribution in [0.15, 0.2) is 39.9 Å². The van der Waals surface area contributed by atoms with Crippen molar-refractivity contribution in [2.24, 2.45) is 5.92 Å². The summed E-state index contributed by atoms with van der Waals surface area (Å²) in [6.45, 7) is 4.86. The lowest BCUT2D eigenvalue weighted by atomic mass is 9.90. The highest BCUT2D eigenvalue weighted by atomic mass is 16.2. The second kappa shape index (κ2) is 7.62. The molecule has 5 heteroatoms. The zero-order valence-corrected chi connectivity index (χ0v) is 14.2. The number of benzene rings is 1. The summed E-state index contributed by atoms with van der Waals surface area (Å²) in [6, 6.07) is 10.1. The lowest BCUT2D eigenvalue weighted by molar-refractivity contribution is 0.160. The van der Waals surface area contributed by atoms with Crippen molar-refractivity contribution in [3.05, 3.63) is 68.0 Å². The molecule has 3 rings (SSSR count). The van der Waals surface area contributed by atoms with E-state index in [4.69, 9.17) is 0 Å². The fourth-order valence-electron chi connectivity index (χ4n) is 3.63. The van der Waals surface area contributed by atoms with E-state index in [2.05, 4.69) is 46.1 Å². The van der Waals surface area contributed by atoms with Crippen LogP contribution < -0.4 is 11.2 Å². The van der Waals surface area contributed by atoms with Crippen molar-refractivity contribution in [3.8, 4) is 0 Å². The van der Waals surface area contributed by atoms with E-state index in [-0.39, 0.29) is 5.56 Å². The molecule has 1 aliphatic rings. The number of piperidine rings is 1. The fraction of sp³-hybridized carbons (Fsp3) is 0.474. The fourth-order valence-corrected chi connectivity index (χ4v) is 3.63. The first-order valence-corrected chi connectivity index (χ1v) is 8.69. The quantitative estimate of drug-likeness (QED) is 0.885. The Hall–Kier alpha value is -2.14. The van der Waals surface area contributed by atoms with Crippen LogP contribution in [-0.2, 0) is 13.0 Å². The highest BCUT2D eigenvalue weighted by molar-refractivity contribution is 5.25. The standard InChI is InChI=1S/C19H25N3O2/c1-14-5-2-3-7-16(14)9-8-15-6-4-10-22(12-15)13-17-11-18(23)21-19(24)20-17/h2-3,5,7,11,15H,4,6,8-10,12-13H2,1H3,(H2,20,21,23,24). The molecule has 24 heavy (non-hydrogen) atoms. The monoisotopic (exact) mass is 327 g/mol. The molecule has 0 spiro atoms. The Kier molecular flexibility index (Phi) is 5.30. The highest BCUT2D eigenvalue weighted by Crippen LogP contribution is 2.23. The van der Waals surface area contributed by atoms with Crippen LogP contribution in [0.4, 0.5) is 0 Å². The van der Waals surface area contributed by atoms with Gasteiger partial charge in [0, 0.05) is 24.8 Å². The van der Waals surface area contributed by atoms with E-state index in [9.17, 15) is 9.59 Å². The van der Waals surface area contributed by atoms with Crippen LogP contribution in [0, 0.1) is 12.8 Å². The maximum Gasteiger partial charge on any atom is 0.325 e. The summed E-state index contributed by atoms with van der Waals surface area (Å²) in [6.07, 6.45) is 4.74. The lowest BCUT2D eigenvalue weighted by Gasteiger charge is -2.32. The van der Waals surface area contributed by atoms with Crippen LogP contribution >= 0.6 is 0 Å². The molecule has 2 N–H and O–H groups in total. The number of nitrogens with one attached hydrogen (secondary N) is 2. The van der Waals surface area contributed by atoms with Crippen molar-refractivity contribution < 1.29 is 0 Å². The van der Waals surface area contributed by atoms with Crippen LogP contribution in [-0.4, -0.2) is 28.0 Å². The van der Waals surface area contributed by atoms with Crippen LogP contribution in [0.1, 0.15) is 36.1 Å². The van der Waals surface area contributed by atoms with Gasteiger partial charge in [0.05, 0.1) is 0 Å². The van der Waals surface area contributed by atoms with Gasteiger partial charge in [-0.25, -0.2) is 4.79 Å². The topological polar surface area (TPSA) is 69.0 Å². The molecule has 1 aromatic heterocycles. The minimum absolute atomic E-state index is 0.332. The molecule has 5 nitrogen and oxygen atoms in total. The van der Waals surface area contributed by atoms with Gasteiger partial charge in [0.2, 0.25) is 0 Å². The average molecular weight is 327 g/mol. The molecule has 2 aromatic rings. The summed E-state index contributed by atoms with van der Waals surface area (Å²) in [5.74, 6) is 0.673. The SMILES string of the molecule is Cc1ccccc1CCC1CCCN(Cc2cc(=O)[nH]c(=O)[nH]2)C1. The van der Waals surface area contributed by atoms with Gasteiger partial charge in [-0.1, -0.05) is 24.3 Å². The van der Waals surface area contributed by atoms with E-state index in [0.717, 1.165) is 19.5 Å². The van der Waals surface area contributed by atoms with Crippen LogP contribution in [0.2, 0.25) is 0 Å². The molecule has 1 saturated heterocycles. The van der Waals surface area contributed by atoms with Crippen molar-refractivity contribution in [3.63, 3.8) is 0 Å². The maximum atomic E-state index is 11.4. The molecule has 128 valence electrons. The predicted octanol–water partition coefficient (Wildman–Crippen LogP) is 2.22. The summed E-state index contributed by atoms with van der Waals surface area (Å²) in [4.78, 5) is 30.1. The normalized spacial score (nSPS) is 18.6. The van der Waals surface area contributed by atoms with Crippen LogP contribution in [0.5, 0.6) is 0 Å². The summed E-state index contributed by atoms with van der Waals surface area (Å²) in [5.41, 5.74) is 2.75. The molecule has 0 aliphatic carbocycles. The largest absolute Gasteiger partial charge is 0.325 e. The zero-order valence-electron chi connectivity index (χ0n) is 14.2. The van der Waals surface area contributed by atoms with Gasteiger partial charge in [0.15, 0.2) is 0 Å². The molecule has 0 bridgehead atoms. The summed E-state index contributed by atoms with van der Waals surface area (Å²) in [5, 5.41) is 0. The number of H-pyrrole nitrogens is 2. The Morgan fingerprint density at radius 3 is 2.83 bits per heavy atom. The Bertz CT molecular complexity index is 765. The van der Waals surface area contributed by atoms with Gasteiger partial charge in [0.1, 0.15) is 0 Å². The second-order valence-electron chi connectivity index (χ2n) is 6.82. The maximum absolute atomic E-state index is 11.4. The van der Waals surface area contributed by atoms with E-state index in [1.807, 2.05) is 0 Å². The highest BCUT2D eigenvalue weighted by Gasteiger charge is 2.20. The van der Waals surface area contributed by atoms with Crippen molar-refractivity contribution in [2.75, 3.05) is 13.1 Å². The first-order chi connectivity index (χ1) is 11.6. The number of rotatable bonds is 5. The van der Waals surface area contributed by atoms with Gasteiger partial charge in [-0.05, 0) is 56.2 Å². The van der Waals surface area contributed by atoms with E-state index >= 15 is 0 Å². The van der Waals surface area contributed by atoms with Crippen molar-refractivity contribution in [1.82, 2.24) is 14.9 Å². The smallest absolute Gasteiger partial charge is 0.310 e. The van der Waals surface area contributed by atoms with E-state index in [1.54, 1.807) is 0 Å². The number of aromatic amines is 2. The van der Waals surface area contributed by atoms with Gasteiger partial charge < -0.3 is 4.98 Å².